The van der Waals surface area contributed by atoms with Crippen LogP contribution >= 0.6 is 11.6 Å². The van der Waals surface area contributed by atoms with Gasteiger partial charge < -0.3 is 10.2 Å². The maximum Gasteiger partial charge on any atom is 0.225 e. The van der Waals surface area contributed by atoms with Gasteiger partial charge in [-0.2, -0.15) is 0 Å². The highest BCUT2D eigenvalue weighted by Crippen LogP contribution is 2.35. The van der Waals surface area contributed by atoms with E-state index >= 15 is 0 Å². The second-order valence-corrected chi connectivity index (χ2v) is 7.20. The molecule has 0 saturated carbocycles. The van der Waals surface area contributed by atoms with Gasteiger partial charge in [0.05, 0.1) is 18.5 Å². The van der Waals surface area contributed by atoms with E-state index in [4.69, 9.17) is 11.6 Å². The summed E-state index contributed by atoms with van der Waals surface area (Å²) in [6.07, 6.45) is 2.15. The molecule has 0 saturated heterocycles. The summed E-state index contributed by atoms with van der Waals surface area (Å²) in [4.78, 5) is 26.3. The van der Waals surface area contributed by atoms with Gasteiger partial charge in [0.25, 0.3) is 0 Å². The first kappa shape index (κ1) is 18.5. The van der Waals surface area contributed by atoms with Crippen LogP contribution in [-0.4, -0.2) is 23.8 Å². The molecule has 2 aromatic rings. The first-order chi connectivity index (χ1) is 12.5. The minimum atomic E-state index is -0.364. The smallest absolute Gasteiger partial charge is 0.225 e. The van der Waals surface area contributed by atoms with Crippen LogP contribution in [0.25, 0.3) is 0 Å². The normalized spacial score (nSPS) is 16.7. The summed E-state index contributed by atoms with van der Waals surface area (Å²) >= 11 is 5.95. The Kier molecular flexibility index (Phi) is 5.62. The van der Waals surface area contributed by atoms with E-state index in [9.17, 15) is 9.59 Å². The molecule has 4 nitrogen and oxygen atoms in total. The van der Waals surface area contributed by atoms with E-state index in [1.165, 1.54) is 18.1 Å². The van der Waals surface area contributed by atoms with Gasteiger partial charge in [-0.1, -0.05) is 48.0 Å². The summed E-state index contributed by atoms with van der Waals surface area (Å²) in [6.45, 7) is 1.46. The Morgan fingerprint density at radius 3 is 2.58 bits per heavy atom. The van der Waals surface area contributed by atoms with Gasteiger partial charge in [0.15, 0.2) is 0 Å². The Balaban J connectivity index is 1.75. The molecule has 0 aliphatic heterocycles. The summed E-state index contributed by atoms with van der Waals surface area (Å²) in [5.74, 6) is -0.146. The minimum Gasteiger partial charge on any atom is -0.349 e. The van der Waals surface area contributed by atoms with Crippen molar-refractivity contribution in [2.45, 2.75) is 38.3 Å². The highest BCUT2D eigenvalue weighted by molar-refractivity contribution is 6.30. The van der Waals surface area contributed by atoms with Crippen molar-refractivity contribution in [1.82, 2.24) is 10.2 Å². The lowest BCUT2D eigenvalue weighted by Gasteiger charge is -2.28. The molecular formula is C21H23ClN2O2. The standard InChI is InChI=1S/C21H23ClN2O2/c1-14(25)23-19(16-7-10-17(22)11-8-16)13-21(26)24(2)20-12-9-15-5-3-4-6-18(15)20/h3-8,10-11,19-20H,9,12-13H2,1-2H3,(H,23,25). The topological polar surface area (TPSA) is 49.4 Å². The van der Waals surface area contributed by atoms with E-state index in [0.717, 1.165) is 18.4 Å². The molecule has 0 aromatic heterocycles. The second-order valence-electron chi connectivity index (χ2n) is 6.77. The number of carbonyl (C=O) groups is 2. The van der Waals surface area contributed by atoms with Crippen LogP contribution in [0.2, 0.25) is 5.02 Å². The fourth-order valence-electron chi connectivity index (χ4n) is 3.62. The third kappa shape index (κ3) is 4.07. The van der Waals surface area contributed by atoms with E-state index in [2.05, 4.69) is 17.4 Å². The van der Waals surface area contributed by atoms with Crippen molar-refractivity contribution < 1.29 is 9.59 Å². The number of carbonyl (C=O) groups excluding carboxylic acids is 2. The maximum absolute atomic E-state index is 12.9. The number of nitrogens with zero attached hydrogens (tertiary/aromatic N) is 1. The fourth-order valence-corrected chi connectivity index (χ4v) is 3.75. The second kappa shape index (κ2) is 7.92. The Morgan fingerprint density at radius 1 is 1.19 bits per heavy atom. The molecule has 0 heterocycles. The van der Waals surface area contributed by atoms with Crippen molar-refractivity contribution in [3.63, 3.8) is 0 Å². The predicted octanol–water partition coefficient (Wildman–Crippen LogP) is 4.05. The Morgan fingerprint density at radius 2 is 1.88 bits per heavy atom. The van der Waals surface area contributed by atoms with Crippen LogP contribution in [0.1, 0.15) is 48.5 Å². The lowest BCUT2D eigenvalue weighted by Crippen LogP contribution is -2.35. The van der Waals surface area contributed by atoms with E-state index in [0.29, 0.717) is 5.02 Å². The zero-order chi connectivity index (χ0) is 18.7. The van der Waals surface area contributed by atoms with Gasteiger partial charge >= 0.3 is 0 Å². The minimum absolute atomic E-state index is 0.0143. The van der Waals surface area contributed by atoms with Gasteiger partial charge in [-0.3, -0.25) is 9.59 Å². The number of nitrogens with one attached hydrogen (secondary N) is 1. The maximum atomic E-state index is 12.9. The molecule has 2 amide bonds. The fraction of sp³-hybridized carbons (Fsp3) is 0.333. The molecule has 0 radical (unpaired) electrons. The summed E-state index contributed by atoms with van der Waals surface area (Å²) in [5.41, 5.74) is 3.41. The molecule has 5 heteroatoms. The SMILES string of the molecule is CC(=O)NC(CC(=O)N(C)C1CCc2ccccc21)c1ccc(Cl)cc1. The van der Waals surface area contributed by atoms with Crippen LogP contribution < -0.4 is 5.32 Å². The van der Waals surface area contributed by atoms with Crippen molar-refractivity contribution in [1.29, 1.82) is 0 Å². The molecule has 0 fully saturated rings. The molecule has 1 aliphatic carbocycles. The molecule has 3 rings (SSSR count). The molecule has 0 bridgehead atoms. The number of amides is 2. The van der Waals surface area contributed by atoms with Gasteiger partial charge in [-0.05, 0) is 41.7 Å². The molecule has 1 aliphatic rings. The van der Waals surface area contributed by atoms with Gasteiger partial charge in [-0.25, -0.2) is 0 Å². The number of fused-ring (bicyclic) bond motifs is 1. The number of halogens is 1. The summed E-state index contributed by atoms with van der Waals surface area (Å²) in [6, 6.07) is 15.3. The van der Waals surface area contributed by atoms with Crippen molar-refractivity contribution in [3.8, 4) is 0 Å². The number of hydrogen-bond donors (Lipinski definition) is 1. The van der Waals surface area contributed by atoms with Crippen LogP contribution in [0.4, 0.5) is 0 Å². The van der Waals surface area contributed by atoms with Gasteiger partial charge in [0, 0.05) is 19.0 Å². The molecule has 136 valence electrons. The number of benzene rings is 2. The van der Waals surface area contributed by atoms with Crippen molar-refractivity contribution >= 4 is 23.4 Å². The van der Waals surface area contributed by atoms with E-state index < -0.39 is 0 Å². The molecule has 2 unspecified atom stereocenters. The van der Waals surface area contributed by atoms with E-state index in [1.54, 1.807) is 12.1 Å². The molecule has 1 N–H and O–H groups in total. The third-order valence-corrected chi connectivity index (χ3v) is 5.24. The van der Waals surface area contributed by atoms with Crippen LogP contribution in [0.15, 0.2) is 48.5 Å². The summed E-state index contributed by atoms with van der Waals surface area (Å²) in [5, 5.41) is 3.51. The Hall–Kier alpha value is -2.33. The zero-order valence-electron chi connectivity index (χ0n) is 15.0. The summed E-state index contributed by atoms with van der Waals surface area (Å²) in [7, 11) is 1.85. The average molecular weight is 371 g/mol. The van der Waals surface area contributed by atoms with Crippen molar-refractivity contribution in [3.05, 3.63) is 70.2 Å². The van der Waals surface area contributed by atoms with Crippen LogP contribution in [0.3, 0.4) is 0 Å². The van der Waals surface area contributed by atoms with Gasteiger partial charge in [0.1, 0.15) is 0 Å². The monoisotopic (exact) mass is 370 g/mol. The van der Waals surface area contributed by atoms with Gasteiger partial charge in [0.2, 0.25) is 11.8 Å². The van der Waals surface area contributed by atoms with Crippen molar-refractivity contribution in [2.75, 3.05) is 7.05 Å². The van der Waals surface area contributed by atoms with Crippen LogP contribution in [0, 0.1) is 0 Å². The first-order valence-corrected chi connectivity index (χ1v) is 9.19. The molecule has 2 atom stereocenters. The number of rotatable bonds is 5. The van der Waals surface area contributed by atoms with E-state index in [1.807, 2.05) is 36.2 Å². The largest absolute Gasteiger partial charge is 0.349 e. The first-order valence-electron chi connectivity index (χ1n) is 8.81. The average Bonchev–Trinajstić information content (AvgIpc) is 3.04. The summed E-state index contributed by atoms with van der Waals surface area (Å²) < 4.78 is 0. The molecular weight excluding hydrogens is 348 g/mol. The predicted molar refractivity (Wildman–Crippen MR) is 103 cm³/mol. The zero-order valence-corrected chi connectivity index (χ0v) is 15.8. The van der Waals surface area contributed by atoms with Crippen molar-refractivity contribution in [2.24, 2.45) is 0 Å². The lowest BCUT2D eigenvalue weighted by molar-refractivity contribution is -0.133. The highest BCUT2D eigenvalue weighted by Gasteiger charge is 2.29. The highest BCUT2D eigenvalue weighted by atomic mass is 35.5. The number of aryl methyl sites for hydroxylation is 1. The lowest BCUT2D eigenvalue weighted by atomic mass is 10.0. The van der Waals surface area contributed by atoms with Crippen LogP contribution in [-0.2, 0) is 16.0 Å². The van der Waals surface area contributed by atoms with Gasteiger partial charge in [-0.15, -0.1) is 0 Å². The quantitative estimate of drug-likeness (QED) is 0.863. The molecule has 2 aromatic carbocycles. The van der Waals surface area contributed by atoms with E-state index in [-0.39, 0.29) is 30.3 Å². The molecule has 26 heavy (non-hydrogen) atoms. The Bertz CT molecular complexity index is 804. The third-order valence-electron chi connectivity index (χ3n) is 4.99. The van der Waals surface area contributed by atoms with Crippen LogP contribution in [0.5, 0.6) is 0 Å². The Labute approximate surface area is 159 Å². The molecule has 0 spiro atoms. The number of hydrogen-bond acceptors (Lipinski definition) is 2.